The van der Waals surface area contributed by atoms with Gasteiger partial charge in [0.1, 0.15) is 6.04 Å². The second-order valence-electron chi connectivity index (χ2n) is 5.66. The zero-order valence-electron chi connectivity index (χ0n) is 13.8. The number of carbonyl (C=O) groups excluding carboxylic acids is 2. The van der Waals surface area contributed by atoms with E-state index in [4.69, 9.17) is 27.9 Å². The third-order valence-electron chi connectivity index (χ3n) is 3.94. The lowest BCUT2D eigenvalue weighted by Crippen LogP contribution is -2.43. The molecule has 4 nitrogen and oxygen atoms in total. The summed E-state index contributed by atoms with van der Waals surface area (Å²) in [6, 6.07) is 11.3. The van der Waals surface area contributed by atoms with Gasteiger partial charge < -0.3 is 10.1 Å². The summed E-state index contributed by atoms with van der Waals surface area (Å²) in [5.41, 5.74) is 1.35. The first kappa shape index (κ1) is 18.7. The molecule has 0 fully saturated rings. The summed E-state index contributed by atoms with van der Waals surface area (Å²) in [5.74, 6) is -0.872. The Labute approximate surface area is 164 Å². The van der Waals surface area contributed by atoms with Crippen LogP contribution in [0.5, 0.6) is 0 Å². The van der Waals surface area contributed by atoms with Crippen molar-refractivity contribution in [3.8, 4) is 0 Å². The first-order valence-corrected chi connectivity index (χ1v) is 9.41. The number of fused-ring (bicyclic) bond motifs is 1. The van der Waals surface area contributed by atoms with Crippen molar-refractivity contribution in [1.29, 1.82) is 0 Å². The maximum absolute atomic E-state index is 12.5. The predicted octanol–water partition coefficient (Wildman–Crippen LogP) is 4.72. The van der Waals surface area contributed by atoms with Crippen LogP contribution in [0, 0.1) is 0 Å². The van der Waals surface area contributed by atoms with Crippen molar-refractivity contribution < 1.29 is 14.3 Å². The van der Waals surface area contributed by atoms with E-state index in [1.165, 1.54) is 7.11 Å². The van der Waals surface area contributed by atoms with E-state index in [-0.39, 0.29) is 5.91 Å². The lowest BCUT2D eigenvalue weighted by atomic mass is 10.0. The molecule has 0 saturated carbocycles. The molecule has 1 heterocycles. The van der Waals surface area contributed by atoms with Crippen LogP contribution in [-0.2, 0) is 16.0 Å². The number of rotatable bonds is 5. The van der Waals surface area contributed by atoms with Gasteiger partial charge in [-0.15, -0.1) is 11.3 Å². The van der Waals surface area contributed by atoms with Crippen molar-refractivity contribution in [3.05, 3.63) is 69.0 Å². The third-order valence-corrected chi connectivity index (χ3v) is 5.44. The maximum atomic E-state index is 12.5. The first-order chi connectivity index (χ1) is 12.5. The molecule has 0 bridgehead atoms. The van der Waals surface area contributed by atoms with Crippen LogP contribution in [0.1, 0.15) is 15.9 Å². The fraction of sp³-hybridized carbons (Fsp3) is 0.158. The smallest absolute Gasteiger partial charge is 0.328 e. The number of halogens is 2. The lowest BCUT2D eigenvalue weighted by molar-refractivity contribution is -0.142. The van der Waals surface area contributed by atoms with Crippen LogP contribution in [-0.4, -0.2) is 25.0 Å². The first-order valence-electron chi connectivity index (χ1n) is 7.78. The summed E-state index contributed by atoms with van der Waals surface area (Å²) in [7, 11) is 1.30. The van der Waals surface area contributed by atoms with Crippen molar-refractivity contribution in [2.75, 3.05) is 7.11 Å². The SMILES string of the molecule is COC(=O)[C@H](Cc1csc2ccc(Cl)cc12)NC(=O)c1ccc(Cl)cc1. The third kappa shape index (κ3) is 4.18. The van der Waals surface area contributed by atoms with Crippen LogP contribution >= 0.6 is 34.5 Å². The lowest BCUT2D eigenvalue weighted by Gasteiger charge is -2.16. The van der Waals surface area contributed by atoms with E-state index in [0.29, 0.717) is 22.0 Å². The summed E-state index contributed by atoms with van der Waals surface area (Å²) in [6.07, 6.45) is 0.312. The molecule has 2 aromatic carbocycles. The summed E-state index contributed by atoms with van der Waals surface area (Å²) < 4.78 is 5.92. The molecule has 0 aliphatic heterocycles. The van der Waals surface area contributed by atoms with Gasteiger partial charge in [0.05, 0.1) is 7.11 Å². The molecule has 0 spiro atoms. The second-order valence-corrected chi connectivity index (χ2v) is 7.45. The van der Waals surface area contributed by atoms with E-state index < -0.39 is 12.0 Å². The van der Waals surface area contributed by atoms with Crippen molar-refractivity contribution >= 4 is 56.5 Å². The summed E-state index contributed by atoms with van der Waals surface area (Å²) in [5, 5.41) is 6.83. The van der Waals surface area contributed by atoms with Gasteiger partial charge in [0.15, 0.2) is 0 Å². The van der Waals surface area contributed by atoms with Crippen molar-refractivity contribution in [2.24, 2.45) is 0 Å². The zero-order valence-corrected chi connectivity index (χ0v) is 16.1. The van der Waals surface area contributed by atoms with E-state index in [0.717, 1.165) is 15.6 Å². The number of hydrogen-bond donors (Lipinski definition) is 1. The fourth-order valence-corrected chi connectivity index (χ4v) is 3.86. The molecule has 1 N–H and O–H groups in total. The molecule has 1 atom stereocenters. The van der Waals surface area contributed by atoms with Gasteiger partial charge in [0.25, 0.3) is 5.91 Å². The van der Waals surface area contributed by atoms with E-state index in [1.807, 2.05) is 23.6 Å². The highest BCUT2D eigenvalue weighted by atomic mass is 35.5. The average molecular weight is 408 g/mol. The molecule has 1 amide bonds. The highest BCUT2D eigenvalue weighted by Gasteiger charge is 2.24. The molecular weight excluding hydrogens is 393 g/mol. The zero-order chi connectivity index (χ0) is 18.7. The molecule has 3 aromatic rings. The fourth-order valence-electron chi connectivity index (χ4n) is 2.61. The molecule has 134 valence electrons. The number of carbonyl (C=O) groups is 2. The monoisotopic (exact) mass is 407 g/mol. The number of hydrogen-bond acceptors (Lipinski definition) is 4. The van der Waals surface area contributed by atoms with E-state index in [2.05, 4.69) is 5.32 Å². The Morgan fingerprint density at radius 3 is 2.50 bits per heavy atom. The number of methoxy groups -OCH3 is 1. The molecule has 7 heteroatoms. The van der Waals surface area contributed by atoms with Crippen molar-refractivity contribution in [1.82, 2.24) is 5.32 Å². The van der Waals surface area contributed by atoms with Gasteiger partial charge in [-0.1, -0.05) is 23.2 Å². The molecule has 1 aromatic heterocycles. The quantitative estimate of drug-likeness (QED) is 0.622. The minimum absolute atomic E-state index is 0.312. The number of benzene rings is 2. The Bertz CT molecular complexity index is 953. The van der Waals surface area contributed by atoms with Crippen LogP contribution in [0.2, 0.25) is 10.0 Å². The van der Waals surface area contributed by atoms with Gasteiger partial charge in [-0.25, -0.2) is 4.79 Å². The molecule has 0 aliphatic carbocycles. The molecule has 3 rings (SSSR count). The number of nitrogens with one attached hydrogen (secondary N) is 1. The van der Waals surface area contributed by atoms with Crippen LogP contribution in [0.4, 0.5) is 0 Å². The number of ether oxygens (including phenoxy) is 1. The Balaban J connectivity index is 1.83. The van der Waals surface area contributed by atoms with Crippen molar-refractivity contribution in [2.45, 2.75) is 12.5 Å². The molecule has 0 saturated heterocycles. The van der Waals surface area contributed by atoms with E-state index in [1.54, 1.807) is 35.6 Å². The van der Waals surface area contributed by atoms with E-state index >= 15 is 0 Å². The normalized spacial score (nSPS) is 12.0. The van der Waals surface area contributed by atoms with Crippen LogP contribution in [0.3, 0.4) is 0 Å². The highest BCUT2D eigenvalue weighted by Crippen LogP contribution is 2.29. The minimum atomic E-state index is -0.806. The number of amides is 1. The standard InChI is InChI=1S/C19H15Cl2NO3S/c1-25-19(24)16(22-18(23)11-2-4-13(20)5-3-11)8-12-10-26-17-7-6-14(21)9-15(12)17/h2-7,9-10,16H,8H2,1H3,(H,22,23)/t16-/m0/s1. The molecule has 0 unspecified atom stereocenters. The van der Waals surface area contributed by atoms with Gasteiger partial charge in [-0.2, -0.15) is 0 Å². The summed E-state index contributed by atoms with van der Waals surface area (Å²) in [4.78, 5) is 24.6. The average Bonchev–Trinajstić information content (AvgIpc) is 3.03. The predicted molar refractivity (Wildman–Crippen MR) is 105 cm³/mol. The Morgan fingerprint density at radius 1 is 1.12 bits per heavy atom. The summed E-state index contributed by atoms with van der Waals surface area (Å²) >= 11 is 13.5. The molecular formula is C19H15Cl2NO3S. The minimum Gasteiger partial charge on any atom is -0.467 e. The molecule has 26 heavy (non-hydrogen) atoms. The van der Waals surface area contributed by atoms with Crippen LogP contribution < -0.4 is 5.32 Å². The second kappa shape index (κ2) is 8.08. The Hall–Kier alpha value is -2.08. The van der Waals surface area contributed by atoms with Crippen LogP contribution in [0.15, 0.2) is 47.8 Å². The summed E-state index contributed by atoms with van der Waals surface area (Å²) in [6.45, 7) is 0. The number of esters is 1. The van der Waals surface area contributed by atoms with Gasteiger partial charge >= 0.3 is 5.97 Å². The van der Waals surface area contributed by atoms with Gasteiger partial charge in [-0.05, 0) is 58.8 Å². The van der Waals surface area contributed by atoms with Crippen molar-refractivity contribution in [3.63, 3.8) is 0 Å². The van der Waals surface area contributed by atoms with Crippen LogP contribution in [0.25, 0.3) is 10.1 Å². The Kier molecular flexibility index (Phi) is 5.81. The van der Waals surface area contributed by atoms with E-state index in [9.17, 15) is 9.59 Å². The largest absolute Gasteiger partial charge is 0.467 e. The maximum Gasteiger partial charge on any atom is 0.328 e. The van der Waals surface area contributed by atoms with Gasteiger partial charge in [-0.3, -0.25) is 4.79 Å². The van der Waals surface area contributed by atoms with Gasteiger partial charge in [0.2, 0.25) is 0 Å². The molecule has 0 radical (unpaired) electrons. The number of thiophene rings is 1. The topological polar surface area (TPSA) is 55.4 Å². The highest BCUT2D eigenvalue weighted by molar-refractivity contribution is 7.17. The molecule has 0 aliphatic rings. The Morgan fingerprint density at radius 2 is 1.81 bits per heavy atom. The van der Waals surface area contributed by atoms with Gasteiger partial charge in [0, 0.05) is 26.7 Å².